The van der Waals surface area contributed by atoms with Gasteiger partial charge in [-0.2, -0.15) is 0 Å². The Morgan fingerprint density at radius 2 is 2.18 bits per heavy atom. The second-order valence-corrected chi connectivity index (χ2v) is 5.84. The van der Waals surface area contributed by atoms with Gasteiger partial charge in [0, 0.05) is 13.0 Å². The van der Waals surface area contributed by atoms with Crippen LogP contribution in [0.25, 0.3) is 0 Å². The van der Waals surface area contributed by atoms with Crippen molar-refractivity contribution in [2.75, 3.05) is 19.7 Å². The van der Waals surface area contributed by atoms with Crippen LogP contribution in [0.3, 0.4) is 0 Å². The molecule has 0 bridgehead atoms. The maximum Gasteiger partial charge on any atom is 0.223 e. The molecule has 1 aromatic carbocycles. The Labute approximate surface area is 128 Å². The number of allylic oxidation sites excluding steroid dienone is 2. The summed E-state index contributed by atoms with van der Waals surface area (Å²) in [4.78, 5) is 14.1. The molecule has 118 valence electrons. The van der Waals surface area contributed by atoms with E-state index in [2.05, 4.69) is 12.2 Å². The van der Waals surface area contributed by atoms with Gasteiger partial charge in [-0.05, 0) is 36.5 Å². The van der Waals surface area contributed by atoms with Crippen LogP contribution in [0, 0.1) is 17.6 Å². The van der Waals surface area contributed by atoms with E-state index in [1.165, 1.54) is 6.07 Å². The van der Waals surface area contributed by atoms with Gasteiger partial charge in [-0.1, -0.05) is 18.2 Å². The van der Waals surface area contributed by atoms with Crippen molar-refractivity contribution in [3.05, 3.63) is 47.5 Å². The molecule has 1 fully saturated rings. The average Bonchev–Trinajstić information content (AvgIpc) is 3.03. The van der Waals surface area contributed by atoms with E-state index in [9.17, 15) is 13.6 Å². The SMILES string of the molecule is O=C(C[C@H]1C=CCC1)N1CCO[C@H](c2ccc(F)c(F)c2)C1. The number of halogens is 2. The molecule has 3 nitrogen and oxygen atoms in total. The summed E-state index contributed by atoms with van der Waals surface area (Å²) < 4.78 is 32.0. The molecule has 0 saturated carbocycles. The zero-order valence-electron chi connectivity index (χ0n) is 12.3. The first-order valence-corrected chi connectivity index (χ1v) is 7.64. The van der Waals surface area contributed by atoms with Gasteiger partial charge in [0.2, 0.25) is 5.91 Å². The number of amides is 1. The molecule has 3 rings (SSSR count). The molecule has 0 aromatic heterocycles. The Morgan fingerprint density at radius 1 is 1.32 bits per heavy atom. The summed E-state index contributed by atoms with van der Waals surface area (Å²) in [6.45, 7) is 1.35. The summed E-state index contributed by atoms with van der Waals surface area (Å²) in [5, 5.41) is 0. The molecular weight excluding hydrogens is 288 g/mol. The Balaban J connectivity index is 1.64. The minimum Gasteiger partial charge on any atom is -0.370 e. The standard InChI is InChI=1S/C17H19F2NO2/c18-14-6-5-13(10-15(14)19)16-11-20(7-8-22-16)17(21)9-12-3-1-2-4-12/h1,3,5-6,10,12,16H,2,4,7-9,11H2/t12-,16-/m0/s1. The molecule has 0 spiro atoms. The summed E-state index contributed by atoms with van der Waals surface area (Å²) in [6.07, 6.45) is 6.40. The van der Waals surface area contributed by atoms with Crippen molar-refractivity contribution in [3.63, 3.8) is 0 Å². The van der Waals surface area contributed by atoms with E-state index in [0.29, 0.717) is 37.6 Å². The van der Waals surface area contributed by atoms with Crippen molar-refractivity contribution in [2.24, 2.45) is 5.92 Å². The van der Waals surface area contributed by atoms with Gasteiger partial charge < -0.3 is 9.64 Å². The Morgan fingerprint density at radius 3 is 2.91 bits per heavy atom. The molecular formula is C17H19F2NO2. The Hall–Kier alpha value is -1.75. The molecule has 2 aliphatic rings. The van der Waals surface area contributed by atoms with Gasteiger partial charge in [-0.3, -0.25) is 4.79 Å². The third kappa shape index (κ3) is 3.35. The van der Waals surface area contributed by atoms with Gasteiger partial charge in [-0.15, -0.1) is 0 Å². The normalized spacial score (nSPS) is 24.7. The summed E-state index contributed by atoms with van der Waals surface area (Å²) >= 11 is 0. The predicted molar refractivity (Wildman–Crippen MR) is 78.1 cm³/mol. The highest BCUT2D eigenvalue weighted by molar-refractivity contribution is 5.77. The summed E-state index contributed by atoms with van der Waals surface area (Å²) in [7, 11) is 0. The second kappa shape index (κ2) is 6.57. The fourth-order valence-corrected chi connectivity index (χ4v) is 3.01. The second-order valence-electron chi connectivity index (χ2n) is 5.84. The van der Waals surface area contributed by atoms with Gasteiger partial charge in [0.15, 0.2) is 11.6 Å². The van der Waals surface area contributed by atoms with Gasteiger partial charge in [0.25, 0.3) is 0 Å². The van der Waals surface area contributed by atoms with Crippen LogP contribution in [0.15, 0.2) is 30.4 Å². The van der Waals surface area contributed by atoms with Crippen LogP contribution >= 0.6 is 0 Å². The minimum atomic E-state index is -0.888. The van der Waals surface area contributed by atoms with Crippen LogP contribution in [-0.2, 0) is 9.53 Å². The van der Waals surface area contributed by atoms with E-state index >= 15 is 0 Å². The first-order valence-electron chi connectivity index (χ1n) is 7.64. The lowest BCUT2D eigenvalue weighted by Crippen LogP contribution is -2.42. The van der Waals surface area contributed by atoms with Crippen LogP contribution in [0.4, 0.5) is 8.78 Å². The Bertz CT molecular complexity index is 588. The summed E-state index contributed by atoms with van der Waals surface area (Å²) in [6, 6.07) is 3.75. The zero-order valence-corrected chi connectivity index (χ0v) is 12.3. The predicted octanol–water partition coefficient (Wildman–Crippen LogP) is 3.22. The fraction of sp³-hybridized carbons (Fsp3) is 0.471. The topological polar surface area (TPSA) is 29.5 Å². The molecule has 1 aliphatic heterocycles. The highest BCUT2D eigenvalue weighted by Gasteiger charge is 2.27. The highest BCUT2D eigenvalue weighted by Crippen LogP contribution is 2.26. The number of nitrogens with zero attached hydrogens (tertiary/aromatic N) is 1. The first-order chi connectivity index (χ1) is 10.6. The maximum absolute atomic E-state index is 13.3. The number of carbonyl (C=O) groups excluding carboxylic acids is 1. The Kier molecular flexibility index (Phi) is 4.52. The average molecular weight is 307 g/mol. The van der Waals surface area contributed by atoms with Crippen molar-refractivity contribution in [3.8, 4) is 0 Å². The van der Waals surface area contributed by atoms with E-state index in [-0.39, 0.29) is 5.91 Å². The van der Waals surface area contributed by atoms with E-state index in [1.807, 2.05) is 0 Å². The van der Waals surface area contributed by atoms with Crippen molar-refractivity contribution < 1.29 is 18.3 Å². The van der Waals surface area contributed by atoms with Crippen LogP contribution in [0.2, 0.25) is 0 Å². The number of carbonyl (C=O) groups is 1. The summed E-state index contributed by atoms with van der Waals surface area (Å²) in [5.41, 5.74) is 0.567. The van der Waals surface area contributed by atoms with Crippen LogP contribution in [0.5, 0.6) is 0 Å². The fourth-order valence-electron chi connectivity index (χ4n) is 3.01. The molecule has 0 unspecified atom stereocenters. The van der Waals surface area contributed by atoms with Crippen molar-refractivity contribution in [2.45, 2.75) is 25.4 Å². The monoisotopic (exact) mass is 307 g/mol. The lowest BCUT2D eigenvalue weighted by molar-refractivity contribution is -0.139. The first kappa shape index (κ1) is 15.2. The van der Waals surface area contributed by atoms with Crippen LogP contribution < -0.4 is 0 Å². The molecule has 5 heteroatoms. The molecule has 2 atom stereocenters. The smallest absolute Gasteiger partial charge is 0.223 e. The third-order valence-corrected chi connectivity index (χ3v) is 4.28. The van der Waals surface area contributed by atoms with Gasteiger partial charge in [-0.25, -0.2) is 8.78 Å². The highest BCUT2D eigenvalue weighted by atomic mass is 19.2. The molecule has 1 aromatic rings. The lowest BCUT2D eigenvalue weighted by Gasteiger charge is -2.33. The molecule has 1 aliphatic carbocycles. The van der Waals surface area contributed by atoms with Crippen molar-refractivity contribution in [1.29, 1.82) is 0 Å². The number of morpholine rings is 1. The van der Waals surface area contributed by atoms with Gasteiger partial charge >= 0.3 is 0 Å². The number of rotatable bonds is 3. The number of ether oxygens (including phenoxy) is 1. The number of hydrogen-bond donors (Lipinski definition) is 0. The molecule has 22 heavy (non-hydrogen) atoms. The largest absolute Gasteiger partial charge is 0.370 e. The maximum atomic E-state index is 13.3. The lowest BCUT2D eigenvalue weighted by atomic mass is 10.0. The third-order valence-electron chi connectivity index (χ3n) is 4.28. The van der Waals surface area contributed by atoms with Crippen molar-refractivity contribution >= 4 is 5.91 Å². The van der Waals surface area contributed by atoms with E-state index < -0.39 is 17.7 Å². The van der Waals surface area contributed by atoms with E-state index in [4.69, 9.17) is 4.74 Å². The van der Waals surface area contributed by atoms with Crippen molar-refractivity contribution in [1.82, 2.24) is 4.90 Å². The van der Waals surface area contributed by atoms with Crippen LogP contribution in [0.1, 0.15) is 30.9 Å². The minimum absolute atomic E-state index is 0.104. The van der Waals surface area contributed by atoms with Crippen LogP contribution in [-0.4, -0.2) is 30.5 Å². The number of benzene rings is 1. The molecule has 1 saturated heterocycles. The summed E-state index contributed by atoms with van der Waals surface area (Å²) in [5.74, 6) is -1.33. The molecule has 1 heterocycles. The molecule has 0 N–H and O–H groups in total. The van der Waals surface area contributed by atoms with Gasteiger partial charge in [0.1, 0.15) is 6.10 Å². The van der Waals surface area contributed by atoms with Gasteiger partial charge in [0.05, 0.1) is 13.2 Å². The molecule has 1 amide bonds. The number of hydrogen-bond acceptors (Lipinski definition) is 2. The molecule has 0 radical (unpaired) electrons. The van der Waals surface area contributed by atoms with E-state index in [0.717, 1.165) is 25.0 Å². The van der Waals surface area contributed by atoms with E-state index in [1.54, 1.807) is 4.90 Å². The zero-order chi connectivity index (χ0) is 15.5. The quantitative estimate of drug-likeness (QED) is 0.803.